The van der Waals surface area contributed by atoms with E-state index < -0.39 is 0 Å². The molecule has 1 aromatic heterocycles. The van der Waals surface area contributed by atoms with E-state index in [1.165, 1.54) is 11.1 Å². The lowest BCUT2D eigenvalue weighted by atomic mass is 9.98. The first-order valence-electron chi connectivity index (χ1n) is 10.8. The van der Waals surface area contributed by atoms with E-state index >= 15 is 0 Å². The number of aromatic nitrogens is 2. The number of H-pyrrole nitrogens is 1. The first-order valence-corrected chi connectivity index (χ1v) is 10.8. The molecular formula is C29H34N2. The molecule has 0 unspecified atom stereocenters. The zero-order valence-electron chi connectivity index (χ0n) is 19.3. The average molecular weight is 411 g/mol. The Bertz CT molecular complexity index is 1070. The van der Waals surface area contributed by atoms with Gasteiger partial charge in [-0.1, -0.05) is 93.8 Å². The van der Waals surface area contributed by atoms with Gasteiger partial charge in [0.15, 0.2) is 0 Å². The number of hydrogen-bond donors (Lipinski definition) is 1. The standard InChI is InChI=1S/C29H34N2/c1-8-12-13-15-22(6)27-28(26-19-17-21(5)25(20-26)14-9-2)31-29(30-27)23(7)16-18-24(10-3)11-4/h8,10-13,15-20H,3,6-7,9,14H2,1-2,4-5H3,(H,30,31)/b12-8-,15-13-,18-16-,24-11-. The monoisotopic (exact) mass is 410 g/mol. The minimum atomic E-state index is 0.735. The van der Waals surface area contributed by atoms with Crippen molar-refractivity contribution in [1.29, 1.82) is 0 Å². The second kappa shape index (κ2) is 11.7. The van der Waals surface area contributed by atoms with Gasteiger partial charge in [0.05, 0.1) is 11.4 Å². The summed E-state index contributed by atoms with van der Waals surface area (Å²) in [5.41, 5.74) is 8.28. The van der Waals surface area contributed by atoms with Crippen LogP contribution in [0, 0.1) is 6.92 Å². The number of rotatable bonds is 10. The van der Waals surface area contributed by atoms with Crippen molar-refractivity contribution in [1.82, 2.24) is 9.97 Å². The van der Waals surface area contributed by atoms with Crippen molar-refractivity contribution in [3.8, 4) is 11.3 Å². The van der Waals surface area contributed by atoms with Crippen LogP contribution in [0.3, 0.4) is 0 Å². The fraction of sp³-hybridized carbons (Fsp3) is 0.207. The molecule has 0 amide bonds. The van der Waals surface area contributed by atoms with E-state index in [2.05, 4.69) is 56.8 Å². The smallest absolute Gasteiger partial charge is 0.137 e. The van der Waals surface area contributed by atoms with Crippen molar-refractivity contribution in [2.45, 2.75) is 40.5 Å². The number of aromatic amines is 1. The summed E-state index contributed by atoms with van der Waals surface area (Å²) < 4.78 is 0. The molecule has 2 aromatic rings. The Morgan fingerprint density at radius 1 is 1.06 bits per heavy atom. The number of nitrogens with one attached hydrogen (secondary N) is 1. The number of aryl methyl sites for hydroxylation is 2. The van der Waals surface area contributed by atoms with Crippen LogP contribution in [-0.2, 0) is 6.42 Å². The Balaban J connectivity index is 2.55. The van der Waals surface area contributed by atoms with Crippen molar-refractivity contribution in [2.24, 2.45) is 0 Å². The molecule has 0 radical (unpaired) electrons. The van der Waals surface area contributed by atoms with Gasteiger partial charge in [0, 0.05) is 11.1 Å². The third kappa shape index (κ3) is 6.29. The van der Waals surface area contributed by atoms with Crippen LogP contribution in [-0.4, -0.2) is 9.97 Å². The maximum Gasteiger partial charge on any atom is 0.137 e. The highest BCUT2D eigenvalue weighted by molar-refractivity contribution is 5.83. The molecule has 0 saturated heterocycles. The third-order valence-electron chi connectivity index (χ3n) is 5.12. The molecule has 0 aliphatic carbocycles. The van der Waals surface area contributed by atoms with Gasteiger partial charge in [0.1, 0.15) is 5.82 Å². The second-order valence-corrected chi connectivity index (χ2v) is 7.46. The number of allylic oxidation sites excluding steroid dienone is 11. The van der Waals surface area contributed by atoms with E-state index in [4.69, 9.17) is 4.98 Å². The Hall–Kier alpha value is -3.39. The van der Waals surface area contributed by atoms with Crippen LogP contribution < -0.4 is 0 Å². The van der Waals surface area contributed by atoms with Crippen LogP contribution in [0.4, 0.5) is 0 Å². The molecule has 0 saturated carbocycles. The van der Waals surface area contributed by atoms with Crippen LogP contribution >= 0.6 is 0 Å². The second-order valence-electron chi connectivity index (χ2n) is 7.46. The summed E-state index contributed by atoms with van der Waals surface area (Å²) in [5, 5.41) is 0. The van der Waals surface area contributed by atoms with E-state index in [-0.39, 0.29) is 0 Å². The highest BCUT2D eigenvalue weighted by Crippen LogP contribution is 2.30. The number of benzene rings is 1. The molecule has 0 aliphatic heterocycles. The third-order valence-corrected chi connectivity index (χ3v) is 5.12. The highest BCUT2D eigenvalue weighted by atomic mass is 14.9. The van der Waals surface area contributed by atoms with Gasteiger partial charge in [-0.25, -0.2) is 4.98 Å². The van der Waals surface area contributed by atoms with Crippen molar-refractivity contribution in [2.75, 3.05) is 0 Å². The SMILES string of the molecule is C=CC(/C=C\C(=C)c1nc(C(=C)/C=C\C=C/C)c(-c2ccc(C)c(CCC)c2)[nH]1)=C/C. The highest BCUT2D eigenvalue weighted by Gasteiger charge is 2.15. The summed E-state index contributed by atoms with van der Waals surface area (Å²) in [4.78, 5) is 8.36. The van der Waals surface area contributed by atoms with Crippen LogP contribution in [0.15, 0.2) is 92.1 Å². The summed E-state index contributed by atoms with van der Waals surface area (Å²) in [5.74, 6) is 0.735. The van der Waals surface area contributed by atoms with Crippen LogP contribution in [0.25, 0.3) is 22.4 Å². The van der Waals surface area contributed by atoms with E-state index in [1.54, 1.807) is 0 Å². The lowest BCUT2D eigenvalue weighted by molar-refractivity contribution is 0.913. The van der Waals surface area contributed by atoms with Crippen molar-refractivity contribution in [3.05, 3.63) is 115 Å². The molecule has 0 atom stereocenters. The lowest BCUT2D eigenvalue weighted by Gasteiger charge is -2.09. The van der Waals surface area contributed by atoms with Crippen LogP contribution in [0.5, 0.6) is 0 Å². The number of imidazole rings is 1. The summed E-state index contributed by atoms with van der Waals surface area (Å²) in [6.45, 7) is 20.6. The van der Waals surface area contributed by atoms with Crippen molar-refractivity contribution in [3.63, 3.8) is 0 Å². The Kier molecular flexibility index (Phi) is 9.02. The molecule has 0 spiro atoms. The molecule has 31 heavy (non-hydrogen) atoms. The number of hydrogen-bond acceptors (Lipinski definition) is 1. The fourth-order valence-electron chi connectivity index (χ4n) is 3.25. The molecule has 0 aliphatic rings. The molecule has 1 aromatic carbocycles. The van der Waals surface area contributed by atoms with E-state index in [9.17, 15) is 0 Å². The molecule has 160 valence electrons. The topological polar surface area (TPSA) is 28.7 Å². The van der Waals surface area contributed by atoms with Crippen LogP contribution in [0.1, 0.15) is 49.8 Å². The van der Waals surface area contributed by atoms with Gasteiger partial charge in [0.2, 0.25) is 0 Å². The fourth-order valence-corrected chi connectivity index (χ4v) is 3.25. The quantitative estimate of drug-likeness (QED) is 0.393. The van der Waals surface area contributed by atoms with Crippen molar-refractivity contribution < 1.29 is 0 Å². The van der Waals surface area contributed by atoms with Gasteiger partial charge in [-0.3, -0.25) is 0 Å². The number of nitrogens with zero attached hydrogens (tertiary/aromatic N) is 1. The molecule has 1 N–H and O–H groups in total. The Labute approximate surface area is 187 Å². The molecular weight excluding hydrogens is 376 g/mol. The van der Waals surface area contributed by atoms with Gasteiger partial charge in [-0.15, -0.1) is 0 Å². The summed E-state index contributed by atoms with van der Waals surface area (Å²) in [6, 6.07) is 6.59. The van der Waals surface area contributed by atoms with Gasteiger partial charge in [-0.05, 0) is 55.5 Å². The summed E-state index contributed by atoms with van der Waals surface area (Å²) in [7, 11) is 0. The maximum absolute atomic E-state index is 4.87. The molecule has 2 heteroatoms. The predicted octanol–water partition coefficient (Wildman–Crippen LogP) is 8.18. The molecule has 0 bridgehead atoms. The molecule has 2 nitrogen and oxygen atoms in total. The van der Waals surface area contributed by atoms with Gasteiger partial charge < -0.3 is 4.98 Å². The maximum atomic E-state index is 4.87. The zero-order valence-corrected chi connectivity index (χ0v) is 19.3. The Morgan fingerprint density at radius 3 is 2.48 bits per heavy atom. The first-order chi connectivity index (χ1) is 14.9. The lowest BCUT2D eigenvalue weighted by Crippen LogP contribution is -1.92. The average Bonchev–Trinajstić information content (AvgIpc) is 3.22. The first kappa shape index (κ1) is 23.9. The molecule has 1 heterocycles. The van der Waals surface area contributed by atoms with E-state index in [0.29, 0.717) is 0 Å². The Morgan fingerprint density at radius 2 is 1.84 bits per heavy atom. The van der Waals surface area contributed by atoms with Gasteiger partial charge in [0.25, 0.3) is 0 Å². The largest absolute Gasteiger partial charge is 0.337 e. The van der Waals surface area contributed by atoms with E-state index in [1.807, 2.05) is 62.5 Å². The van der Waals surface area contributed by atoms with Crippen LogP contribution in [0.2, 0.25) is 0 Å². The van der Waals surface area contributed by atoms with Crippen molar-refractivity contribution >= 4 is 11.1 Å². The molecule has 0 fully saturated rings. The summed E-state index contributed by atoms with van der Waals surface area (Å²) in [6.07, 6.45) is 17.9. The normalized spacial score (nSPS) is 12.3. The molecule has 2 rings (SSSR count). The van der Waals surface area contributed by atoms with E-state index in [0.717, 1.165) is 52.3 Å². The van der Waals surface area contributed by atoms with Gasteiger partial charge >= 0.3 is 0 Å². The minimum absolute atomic E-state index is 0.735. The summed E-state index contributed by atoms with van der Waals surface area (Å²) >= 11 is 0. The predicted molar refractivity (Wildman–Crippen MR) is 138 cm³/mol. The minimum Gasteiger partial charge on any atom is -0.337 e. The zero-order chi connectivity index (χ0) is 22.8. The van der Waals surface area contributed by atoms with Gasteiger partial charge in [-0.2, -0.15) is 0 Å².